The minimum absolute atomic E-state index is 0.0819. The summed E-state index contributed by atoms with van der Waals surface area (Å²) in [6.07, 6.45) is 0. The second kappa shape index (κ2) is 8.36. The normalized spacial score (nSPS) is 10.3. The third kappa shape index (κ3) is 5.25. The van der Waals surface area contributed by atoms with Crippen molar-refractivity contribution in [3.05, 3.63) is 50.9 Å². The van der Waals surface area contributed by atoms with Crippen LogP contribution in [0.4, 0.5) is 11.4 Å². The van der Waals surface area contributed by atoms with Crippen LogP contribution >= 0.6 is 31.9 Å². The Hall–Kier alpha value is -1.53. The van der Waals surface area contributed by atoms with Crippen LogP contribution in [0.25, 0.3) is 0 Å². The van der Waals surface area contributed by atoms with E-state index in [0.717, 1.165) is 31.6 Å². The number of halogens is 2. The third-order valence-corrected chi connectivity index (χ3v) is 4.20. The number of carbonyl (C=O) groups is 1. The molecule has 122 valence electrons. The molecule has 4 nitrogen and oxygen atoms in total. The molecule has 0 aliphatic rings. The summed E-state index contributed by atoms with van der Waals surface area (Å²) < 4.78 is 7.41. The van der Waals surface area contributed by atoms with Gasteiger partial charge in [-0.25, -0.2) is 0 Å². The summed E-state index contributed by atoms with van der Waals surface area (Å²) in [4.78, 5) is 11.1. The van der Waals surface area contributed by atoms with Gasteiger partial charge in [-0.2, -0.15) is 0 Å². The van der Waals surface area contributed by atoms with Crippen molar-refractivity contribution < 1.29 is 9.53 Å². The highest BCUT2D eigenvalue weighted by atomic mass is 79.9. The fourth-order valence-electron chi connectivity index (χ4n) is 2.11. The molecule has 0 radical (unpaired) electrons. The Bertz CT molecular complexity index is 682. The van der Waals surface area contributed by atoms with E-state index in [0.29, 0.717) is 13.2 Å². The van der Waals surface area contributed by atoms with Gasteiger partial charge in [0.15, 0.2) is 0 Å². The average molecular weight is 442 g/mol. The van der Waals surface area contributed by atoms with Crippen molar-refractivity contribution in [2.45, 2.75) is 20.4 Å². The van der Waals surface area contributed by atoms with Crippen LogP contribution in [-0.4, -0.2) is 12.5 Å². The van der Waals surface area contributed by atoms with Crippen LogP contribution in [0.5, 0.6) is 5.75 Å². The van der Waals surface area contributed by atoms with Gasteiger partial charge in [-0.05, 0) is 74.7 Å². The molecule has 0 spiro atoms. The molecule has 2 N–H and O–H groups in total. The lowest BCUT2D eigenvalue weighted by Crippen LogP contribution is -2.06. The molecule has 0 bridgehead atoms. The molecular weight excluding hydrogens is 424 g/mol. The van der Waals surface area contributed by atoms with Gasteiger partial charge in [0.25, 0.3) is 0 Å². The summed E-state index contributed by atoms with van der Waals surface area (Å²) in [5, 5.41) is 6.12. The molecule has 0 heterocycles. The van der Waals surface area contributed by atoms with Crippen molar-refractivity contribution in [1.82, 2.24) is 0 Å². The highest BCUT2D eigenvalue weighted by Gasteiger charge is 2.08. The molecule has 6 heteroatoms. The lowest BCUT2D eigenvalue weighted by atomic mass is 10.2. The molecule has 2 rings (SSSR count). The first kappa shape index (κ1) is 17.8. The molecule has 0 unspecified atom stereocenters. The second-order valence-corrected chi connectivity index (χ2v) is 6.65. The maximum atomic E-state index is 11.1. The Morgan fingerprint density at radius 3 is 2.39 bits per heavy atom. The minimum atomic E-state index is -0.0819. The fraction of sp³-hybridized carbons (Fsp3) is 0.235. The Labute approximate surface area is 152 Å². The van der Waals surface area contributed by atoms with Crippen LogP contribution < -0.4 is 15.4 Å². The van der Waals surface area contributed by atoms with E-state index in [1.165, 1.54) is 6.92 Å². The monoisotopic (exact) mass is 440 g/mol. The third-order valence-electron chi connectivity index (χ3n) is 3.03. The van der Waals surface area contributed by atoms with Gasteiger partial charge in [-0.3, -0.25) is 4.79 Å². The van der Waals surface area contributed by atoms with Crippen molar-refractivity contribution in [1.29, 1.82) is 0 Å². The molecule has 0 fully saturated rings. The first-order chi connectivity index (χ1) is 11.0. The van der Waals surface area contributed by atoms with Crippen molar-refractivity contribution in [3.8, 4) is 5.75 Å². The molecule has 1 amide bonds. The molecule has 0 atom stereocenters. The smallest absolute Gasteiger partial charge is 0.221 e. The lowest BCUT2D eigenvalue weighted by Gasteiger charge is -2.12. The number of amides is 1. The van der Waals surface area contributed by atoms with Gasteiger partial charge in [0.1, 0.15) is 5.75 Å². The number of benzene rings is 2. The number of ether oxygens (including phenoxy) is 1. The first-order valence-electron chi connectivity index (χ1n) is 7.22. The molecule has 0 saturated heterocycles. The van der Waals surface area contributed by atoms with Gasteiger partial charge in [0, 0.05) is 24.8 Å². The maximum absolute atomic E-state index is 11.1. The van der Waals surface area contributed by atoms with Crippen LogP contribution in [0.2, 0.25) is 0 Å². The van der Waals surface area contributed by atoms with Crippen molar-refractivity contribution >= 4 is 49.1 Å². The average Bonchev–Trinajstić information content (AvgIpc) is 2.48. The van der Waals surface area contributed by atoms with Gasteiger partial charge in [0.05, 0.1) is 15.6 Å². The van der Waals surface area contributed by atoms with Crippen molar-refractivity contribution in [3.63, 3.8) is 0 Å². The summed E-state index contributed by atoms with van der Waals surface area (Å²) in [5.41, 5.74) is 2.83. The summed E-state index contributed by atoms with van der Waals surface area (Å²) in [6.45, 7) is 4.73. The first-order valence-corrected chi connectivity index (χ1v) is 8.80. The molecule has 0 aromatic heterocycles. The molecule has 2 aromatic rings. The van der Waals surface area contributed by atoms with Crippen LogP contribution in [0.1, 0.15) is 19.4 Å². The SMILES string of the molecule is CCOc1c(Br)cc(CNc2cccc(NC(C)=O)c2)cc1Br. The zero-order chi connectivity index (χ0) is 16.8. The van der Waals surface area contributed by atoms with Gasteiger partial charge in [-0.1, -0.05) is 6.07 Å². The minimum Gasteiger partial charge on any atom is -0.492 e. The van der Waals surface area contributed by atoms with E-state index in [1.54, 1.807) is 0 Å². The summed E-state index contributed by atoms with van der Waals surface area (Å²) >= 11 is 7.07. The van der Waals surface area contributed by atoms with Crippen LogP contribution in [0.3, 0.4) is 0 Å². The highest BCUT2D eigenvalue weighted by Crippen LogP contribution is 2.35. The standard InChI is InChI=1S/C17H18Br2N2O2/c1-3-23-17-15(18)7-12(8-16(17)19)10-20-13-5-4-6-14(9-13)21-11(2)22/h4-9,20H,3,10H2,1-2H3,(H,21,22). The van der Waals surface area contributed by atoms with Gasteiger partial charge < -0.3 is 15.4 Å². The largest absolute Gasteiger partial charge is 0.492 e. The Morgan fingerprint density at radius 2 is 1.78 bits per heavy atom. The number of rotatable bonds is 6. The number of hydrogen-bond acceptors (Lipinski definition) is 3. The number of anilines is 2. The van der Waals surface area contributed by atoms with E-state index in [-0.39, 0.29) is 5.91 Å². The number of hydrogen-bond donors (Lipinski definition) is 2. The van der Waals surface area contributed by atoms with Gasteiger partial charge in [0.2, 0.25) is 5.91 Å². The zero-order valence-electron chi connectivity index (χ0n) is 13.0. The van der Waals surface area contributed by atoms with E-state index in [2.05, 4.69) is 42.5 Å². The Kier molecular flexibility index (Phi) is 6.47. The predicted octanol–water partition coefficient (Wildman–Crippen LogP) is 5.18. The molecule has 0 aliphatic carbocycles. The molecule has 23 heavy (non-hydrogen) atoms. The van der Waals surface area contributed by atoms with Crippen molar-refractivity contribution in [2.75, 3.05) is 17.2 Å². The molecule has 2 aromatic carbocycles. The summed E-state index contributed by atoms with van der Waals surface area (Å²) in [5.74, 6) is 0.727. The van der Waals surface area contributed by atoms with Gasteiger partial charge in [-0.15, -0.1) is 0 Å². The summed E-state index contributed by atoms with van der Waals surface area (Å²) in [7, 11) is 0. The number of nitrogens with one attached hydrogen (secondary N) is 2. The predicted molar refractivity (Wildman–Crippen MR) is 101 cm³/mol. The van der Waals surface area contributed by atoms with Crippen LogP contribution in [0.15, 0.2) is 45.3 Å². The molecular formula is C17H18Br2N2O2. The van der Waals surface area contributed by atoms with Crippen LogP contribution in [-0.2, 0) is 11.3 Å². The van der Waals surface area contributed by atoms with Crippen molar-refractivity contribution in [2.24, 2.45) is 0 Å². The highest BCUT2D eigenvalue weighted by molar-refractivity contribution is 9.11. The van der Waals surface area contributed by atoms with E-state index in [9.17, 15) is 4.79 Å². The topological polar surface area (TPSA) is 50.4 Å². The van der Waals surface area contributed by atoms with Crippen LogP contribution in [0, 0.1) is 0 Å². The zero-order valence-corrected chi connectivity index (χ0v) is 16.1. The lowest BCUT2D eigenvalue weighted by molar-refractivity contribution is -0.114. The molecule has 0 saturated carbocycles. The quantitative estimate of drug-likeness (QED) is 0.649. The second-order valence-electron chi connectivity index (χ2n) is 4.94. The van der Waals surface area contributed by atoms with E-state index >= 15 is 0 Å². The van der Waals surface area contributed by atoms with E-state index in [4.69, 9.17) is 4.74 Å². The number of carbonyl (C=O) groups excluding carboxylic acids is 1. The van der Waals surface area contributed by atoms with Gasteiger partial charge >= 0.3 is 0 Å². The molecule has 0 aliphatic heterocycles. The van der Waals surface area contributed by atoms with E-state index < -0.39 is 0 Å². The summed E-state index contributed by atoms with van der Waals surface area (Å²) in [6, 6.07) is 11.7. The fourth-order valence-corrected chi connectivity index (χ4v) is 3.62. The Morgan fingerprint density at radius 1 is 1.13 bits per heavy atom. The Balaban J connectivity index is 2.07. The van der Waals surface area contributed by atoms with E-state index in [1.807, 2.05) is 43.3 Å². The maximum Gasteiger partial charge on any atom is 0.221 e.